The van der Waals surface area contributed by atoms with Crippen molar-refractivity contribution in [3.8, 4) is 0 Å². The lowest BCUT2D eigenvalue weighted by Gasteiger charge is -2.24. The lowest BCUT2D eigenvalue weighted by molar-refractivity contribution is -0.126. The van der Waals surface area contributed by atoms with Crippen molar-refractivity contribution in [2.45, 2.75) is 89.1 Å². The van der Waals surface area contributed by atoms with Gasteiger partial charge in [-0.2, -0.15) is 0 Å². The molecule has 0 unspecified atom stereocenters. The molecule has 10 N–H and O–H groups in total. The van der Waals surface area contributed by atoms with Gasteiger partial charge in [0, 0.05) is 6.54 Å². The molecule has 190 valence electrons. The molecule has 8 heteroatoms. The van der Waals surface area contributed by atoms with Crippen molar-refractivity contribution in [1.29, 1.82) is 0 Å². The third kappa shape index (κ3) is 15.9. The monoisotopic (exact) mass is 455 g/mol. The van der Waals surface area contributed by atoms with E-state index in [2.05, 4.69) is 21.3 Å². The van der Waals surface area contributed by atoms with Crippen LogP contribution in [-0.4, -0.2) is 63.9 Å². The first kappa shape index (κ1) is 29.3. The highest BCUT2D eigenvalue weighted by Crippen LogP contribution is 2.22. The van der Waals surface area contributed by atoms with Gasteiger partial charge in [0.05, 0.1) is 0 Å². The van der Waals surface area contributed by atoms with Gasteiger partial charge in [-0.05, 0) is 110 Å². The second-order valence-electron chi connectivity index (χ2n) is 9.52. The Balaban J connectivity index is 1.89. The number of rotatable bonds is 21. The summed E-state index contributed by atoms with van der Waals surface area (Å²) in [4.78, 5) is 12.3. The van der Waals surface area contributed by atoms with Crippen LogP contribution in [0.1, 0.15) is 83.5 Å². The van der Waals surface area contributed by atoms with Crippen LogP contribution >= 0.6 is 0 Å². The molecule has 1 rings (SSSR count). The molecule has 0 atom stereocenters. The zero-order valence-electron chi connectivity index (χ0n) is 20.6. The Morgan fingerprint density at radius 2 is 1.31 bits per heavy atom. The van der Waals surface area contributed by atoms with Crippen molar-refractivity contribution < 1.29 is 4.79 Å². The summed E-state index contributed by atoms with van der Waals surface area (Å²) in [6.45, 7) is 7.46. The van der Waals surface area contributed by atoms with Gasteiger partial charge in [-0.3, -0.25) is 4.79 Å². The Hall–Kier alpha value is -0.770. The van der Waals surface area contributed by atoms with E-state index in [0.29, 0.717) is 13.0 Å². The largest absolute Gasteiger partial charge is 0.353 e. The molecule has 32 heavy (non-hydrogen) atoms. The van der Waals surface area contributed by atoms with Crippen molar-refractivity contribution in [3.63, 3.8) is 0 Å². The highest BCUT2D eigenvalue weighted by atomic mass is 16.2. The van der Waals surface area contributed by atoms with Gasteiger partial charge in [0.25, 0.3) is 5.91 Å². The zero-order valence-corrected chi connectivity index (χ0v) is 20.6. The normalized spacial score (nSPS) is 15.2. The fraction of sp³-hybridized carbons (Fsp3) is 0.958. The number of unbranched alkanes of at least 4 members (excludes halogenated alkanes) is 3. The predicted octanol–water partition coefficient (Wildman–Crippen LogP) is 1.14. The first-order chi connectivity index (χ1) is 15.6. The van der Waals surface area contributed by atoms with Crippen molar-refractivity contribution >= 4 is 5.91 Å². The van der Waals surface area contributed by atoms with Crippen molar-refractivity contribution in [2.75, 3.05) is 52.4 Å². The molecule has 1 fully saturated rings. The van der Waals surface area contributed by atoms with Crippen molar-refractivity contribution in [3.05, 3.63) is 0 Å². The summed E-state index contributed by atoms with van der Waals surface area (Å²) in [7, 11) is 0. The molecular weight excluding hydrogens is 402 g/mol. The number of nitrogens with two attached hydrogens (primary N) is 3. The first-order valence-corrected chi connectivity index (χ1v) is 13.2. The summed E-state index contributed by atoms with van der Waals surface area (Å²) in [5.74, 6) is 0.607. The van der Waals surface area contributed by atoms with Crippen LogP contribution < -0.4 is 38.5 Å². The maximum Gasteiger partial charge on any atom is 0.254 e. The summed E-state index contributed by atoms with van der Waals surface area (Å²) in [6.07, 6.45) is 14.8. The first-order valence-electron chi connectivity index (χ1n) is 13.2. The smallest absolute Gasteiger partial charge is 0.254 e. The minimum absolute atomic E-state index is 0.241. The van der Waals surface area contributed by atoms with Crippen LogP contribution in [0, 0.1) is 5.92 Å². The average Bonchev–Trinajstić information content (AvgIpc) is 2.79. The predicted molar refractivity (Wildman–Crippen MR) is 135 cm³/mol. The summed E-state index contributed by atoms with van der Waals surface area (Å²) < 4.78 is 0. The van der Waals surface area contributed by atoms with Crippen molar-refractivity contribution in [1.82, 2.24) is 21.3 Å². The molecule has 8 nitrogen and oxygen atoms in total. The molecule has 0 aliphatic heterocycles. The van der Waals surface area contributed by atoms with Crippen LogP contribution in [0.4, 0.5) is 0 Å². The van der Waals surface area contributed by atoms with E-state index in [0.717, 1.165) is 77.4 Å². The number of carbonyl (C=O) groups is 1. The molecule has 1 amide bonds. The number of hydrogen-bond acceptors (Lipinski definition) is 7. The van der Waals surface area contributed by atoms with E-state index in [4.69, 9.17) is 17.2 Å². The highest BCUT2D eigenvalue weighted by Gasteiger charge is 2.27. The SMILES string of the molecule is NCCCNCCCCCNCCCNC(=O)C(N)(N)CCCCNCC1CCCCC1. The number of amides is 1. The molecule has 0 radical (unpaired) electrons. The van der Waals surface area contributed by atoms with Gasteiger partial charge in [0.15, 0.2) is 0 Å². The van der Waals surface area contributed by atoms with Crippen LogP contribution in [0.5, 0.6) is 0 Å². The van der Waals surface area contributed by atoms with Crippen LogP contribution in [0.15, 0.2) is 0 Å². The number of carbonyl (C=O) groups excluding carboxylic acids is 1. The van der Waals surface area contributed by atoms with Gasteiger partial charge < -0.3 is 38.5 Å². The van der Waals surface area contributed by atoms with Gasteiger partial charge in [-0.25, -0.2) is 0 Å². The van der Waals surface area contributed by atoms with Gasteiger partial charge in [0.1, 0.15) is 5.66 Å². The maximum absolute atomic E-state index is 12.3. The molecule has 0 aromatic rings. The Labute approximate surface area is 197 Å². The van der Waals surface area contributed by atoms with E-state index in [1.807, 2.05) is 0 Å². The minimum atomic E-state index is -1.27. The zero-order chi connectivity index (χ0) is 23.3. The van der Waals surface area contributed by atoms with E-state index < -0.39 is 5.66 Å². The molecule has 0 spiro atoms. The highest BCUT2D eigenvalue weighted by molar-refractivity contribution is 5.85. The van der Waals surface area contributed by atoms with Gasteiger partial charge in [-0.15, -0.1) is 0 Å². The van der Waals surface area contributed by atoms with E-state index in [9.17, 15) is 4.79 Å². The van der Waals surface area contributed by atoms with Gasteiger partial charge in [0.2, 0.25) is 0 Å². The van der Waals surface area contributed by atoms with Gasteiger partial charge >= 0.3 is 0 Å². The van der Waals surface area contributed by atoms with Crippen LogP contribution in [0.25, 0.3) is 0 Å². The molecule has 1 aliphatic rings. The van der Waals surface area contributed by atoms with E-state index >= 15 is 0 Å². The number of nitrogens with one attached hydrogen (secondary N) is 4. The Kier molecular flexibility index (Phi) is 18.0. The minimum Gasteiger partial charge on any atom is -0.353 e. The molecule has 0 aromatic heterocycles. The van der Waals surface area contributed by atoms with E-state index in [-0.39, 0.29) is 5.91 Å². The van der Waals surface area contributed by atoms with Crippen LogP contribution in [-0.2, 0) is 4.79 Å². The third-order valence-electron chi connectivity index (χ3n) is 6.36. The molecule has 0 bridgehead atoms. The second kappa shape index (κ2) is 19.7. The number of hydrogen-bond donors (Lipinski definition) is 7. The summed E-state index contributed by atoms with van der Waals surface area (Å²) in [6, 6.07) is 0. The fourth-order valence-corrected chi connectivity index (χ4v) is 4.21. The third-order valence-corrected chi connectivity index (χ3v) is 6.36. The van der Waals surface area contributed by atoms with Crippen molar-refractivity contribution in [2.24, 2.45) is 23.1 Å². The fourth-order valence-electron chi connectivity index (χ4n) is 4.21. The Morgan fingerprint density at radius 3 is 2.00 bits per heavy atom. The molecule has 1 aliphatic carbocycles. The van der Waals surface area contributed by atoms with Gasteiger partial charge in [-0.1, -0.05) is 25.7 Å². The molecule has 1 saturated carbocycles. The summed E-state index contributed by atoms with van der Waals surface area (Å²) >= 11 is 0. The van der Waals surface area contributed by atoms with Crippen LogP contribution in [0.2, 0.25) is 0 Å². The molecule has 0 aromatic carbocycles. The second-order valence-corrected chi connectivity index (χ2v) is 9.52. The molecular formula is C24H53N7O. The lowest BCUT2D eigenvalue weighted by Crippen LogP contribution is -2.61. The summed E-state index contributed by atoms with van der Waals surface area (Å²) in [5.41, 5.74) is 16.3. The van der Waals surface area contributed by atoms with Crippen LogP contribution in [0.3, 0.4) is 0 Å². The Bertz CT molecular complexity index is 442. The molecule has 0 saturated heterocycles. The summed E-state index contributed by atoms with van der Waals surface area (Å²) in [5, 5.41) is 13.3. The molecule has 0 heterocycles. The Morgan fingerprint density at radius 1 is 0.719 bits per heavy atom. The quantitative estimate of drug-likeness (QED) is 0.102. The lowest BCUT2D eigenvalue weighted by atomic mass is 9.89. The maximum atomic E-state index is 12.3. The van der Waals surface area contributed by atoms with E-state index in [1.54, 1.807) is 0 Å². The topological polar surface area (TPSA) is 143 Å². The average molecular weight is 456 g/mol. The van der Waals surface area contributed by atoms with E-state index in [1.165, 1.54) is 51.4 Å². The standard InChI is InChI=1S/C24H53N7O/c25-14-9-18-28-15-6-2-7-16-29-19-10-20-31-23(32)24(26,27)13-5-8-17-30-21-22-11-3-1-4-12-22/h22,28-30H,1-21,25-27H2,(H,31,32).